The first kappa shape index (κ1) is 16.2. The second-order valence-electron chi connectivity index (χ2n) is 7.07. The monoisotopic (exact) mass is 336 g/mol. The molecule has 1 heterocycles. The number of carbonyl (C=O) groups excluding carboxylic acids is 1. The Kier molecular flexibility index (Phi) is 4.45. The van der Waals surface area contributed by atoms with Gasteiger partial charge in [-0.05, 0) is 42.4 Å². The van der Waals surface area contributed by atoms with E-state index in [0.717, 1.165) is 25.7 Å². The minimum Gasteiger partial charge on any atom is -0.446 e. The molecule has 4 nitrogen and oxygen atoms in total. The van der Waals surface area contributed by atoms with E-state index < -0.39 is 0 Å². The number of nitrogens with zero attached hydrogens (tertiary/aromatic N) is 1. The minimum absolute atomic E-state index is 0.00661. The van der Waals surface area contributed by atoms with E-state index in [2.05, 4.69) is 36.4 Å². The molecule has 1 aliphatic heterocycles. The van der Waals surface area contributed by atoms with Gasteiger partial charge in [0.05, 0.1) is 6.04 Å². The van der Waals surface area contributed by atoms with Crippen molar-refractivity contribution in [1.29, 1.82) is 0 Å². The molecule has 0 radical (unpaired) electrons. The summed E-state index contributed by atoms with van der Waals surface area (Å²) in [6, 6.07) is 18.9. The van der Waals surface area contributed by atoms with Crippen molar-refractivity contribution in [3.05, 3.63) is 60.2 Å². The number of amides is 1. The average molecular weight is 336 g/mol. The molecule has 2 unspecified atom stereocenters. The summed E-state index contributed by atoms with van der Waals surface area (Å²) < 4.78 is 5.49. The number of ether oxygens (including phenoxy) is 1. The average Bonchev–Trinajstić information content (AvgIpc) is 3.38. The SMILES string of the molecule is NC1CCN(C(=O)OC2CC2)C1Cc1cccc(-c2ccccc2)c1. The minimum atomic E-state index is -0.195. The van der Waals surface area contributed by atoms with Gasteiger partial charge in [-0.1, -0.05) is 54.6 Å². The Morgan fingerprint density at radius 1 is 1.04 bits per heavy atom. The maximum absolute atomic E-state index is 12.4. The molecule has 1 aliphatic carbocycles. The molecule has 2 atom stereocenters. The van der Waals surface area contributed by atoms with E-state index in [1.54, 1.807) is 0 Å². The quantitative estimate of drug-likeness (QED) is 0.928. The van der Waals surface area contributed by atoms with Gasteiger partial charge in [0, 0.05) is 12.6 Å². The van der Waals surface area contributed by atoms with E-state index in [1.165, 1.54) is 16.7 Å². The summed E-state index contributed by atoms with van der Waals surface area (Å²) in [5.74, 6) is 0. The van der Waals surface area contributed by atoms with Crippen molar-refractivity contribution in [2.45, 2.75) is 43.9 Å². The highest BCUT2D eigenvalue weighted by molar-refractivity contribution is 5.69. The molecule has 1 saturated carbocycles. The van der Waals surface area contributed by atoms with Crippen LogP contribution in [-0.4, -0.2) is 35.7 Å². The molecule has 1 amide bonds. The van der Waals surface area contributed by atoms with Gasteiger partial charge in [0.15, 0.2) is 0 Å². The zero-order valence-electron chi connectivity index (χ0n) is 14.3. The Labute approximate surface area is 148 Å². The van der Waals surface area contributed by atoms with E-state index in [-0.39, 0.29) is 24.3 Å². The van der Waals surface area contributed by atoms with Crippen LogP contribution in [0.25, 0.3) is 11.1 Å². The van der Waals surface area contributed by atoms with Gasteiger partial charge in [0.1, 0.15) is 6.10 Å². The van der Waals surface area contributed by atoms with Crippen molar-refractivity contribution < 1.29 is 9.53 Å². The van der Waals surface area contributed by atoms with Crippen LogP contribution in [0.15, 0.2) is 54.6 Å². The third-order valence-corrected chi connectivity index (χ3v) is 5.10. The first-order valence-electron chi connectivity index (χ1n) is 9.08. The fourth-order valence-corrected chi connectivity index (χ4v) is 3.51. The third kappa shape index (κ3) is 3.69. The van der Waals surface area contributed by atoms with Gasteiger partial charge in [-0.3, -0.25) is 0 Å². The maximum atomic E-state index is 12.4. The molecule has 2 fully saturated rings. The molecule has 4 rings (SSSR count). The number of hydrogen-bond donors (Lipinski definition) is 1. The topological polar surface area (TPSA) is 55.6 Å². The predicted molar refractivity (Wildman–Crippen MR) is 98.2 cm³/mol. The van der Waals surface area contributed by atoms with Gasteiger partial charge in [-0.2, -0.15) is 0 Å². The molecule has 0 bridgehead atoms. The van der Waals surface area contributed by atoms with Crippen LogP contribution in [0.5, 0.6) is 0 Å². The van der Waals surface area contributed by atoms with Crippen molar-refractivity contribution >= 4 is 6.09 Å². The van der Waals surface area contributed by atoms with Crippen LogP contribution in [0, 0.1) is 0 Å². The number of carbonyl (C=O) groups is 1. The lowest BCUT2D eigenvalue weighted by Crippen LogP contribution is -2.44. The van der Waals surface area contributed by atoms with Gasteiger partial charge in [0.2, 0.25) is 0 Å². The summed E-state index contributed by atoms with van der Waals surface area (Å²) in [5.41, 5.74) is 9.89. The highest BCUT2D eigenvalue weighted by atomic mass is 16.6. The summed E-state index contributed by atoms with van der Waals surface area (Å²) in [6.45, 7) is 0.690. The number of benzene rings is 2. The summed E-state index contributed by atoms with van der Waals surface area (Å²) in [5, 5.41) is 0. The Hall–Kier alpha value is -2.33. The number of hydrogen-bond acceptors (Lipinski definition) is 3. The van der Waals surface area contributed by atoms with Crippen molar-refractivity contribution in [2.75, 3.05) is 6.54 Å². The van der Waals surface area contributed by atoms with Crippen LogP contribution in [0.2, 0.25) is 0 Å². The van der Waals surface area contributed by atoms with Gasteiger partial charge < -0.3 is 15.4 Å². The Balaban J connectivity index is 1.50. The van der Waals surface area contributed by atoms with E-state index in [4.69, 9.17) is 10.5 Å². The molecule has 0 aromatic heterocycles. The van der Waals surface area contributed by atoms with Crippen LogP contribution in [0.4, 0.5) is 4.79 Å². The molecule has 2 aromatic carbocycles. The number of nitrogens with two attached hydrogens (primary N) is 1. The van der Waals surface area contributed by atoms with Crippen LogP contribution in [0.1, 0.15) is 24.8 Å². The lowest BCUT2D eigenvalue weighted by Gasteiger charge is -2.26. The number of rotatable bonds is 4. The molecule has 1 saturated heterocycles. The van der Waals surface area contributed by atoms with Crippen LogP contribution in [-0.2, 0) is 11.2 Å². The second-order valence-corrected chi connectivity index (χ2v) is 7.07. The predicted octanol–water partition coefficient (Wildman–Crippen LogP) is 3.60. The second kappa shape index (κ2) is 6.89. The summed E-state index contributed by atoms with van der Waals surface area (Å²) in [7, 11) is 0. The fourth-order valence-electron chi connectivity index (χ4n) is 3.51. The molecule has 2 aliphatic rings. The number of likely N-dealkylation sites (tertiary alicyclic amines) is 1. The van der Waals surface area contributed by atoms with Gasteiger partial charge in [-0.15, -0.1) is 0 Å². The highest BCUT2D eigenvalue weighted by Gasteiger charge is 2.38. The largest absolute Gasteiger partial charge is 0.446 e. The van der Waals surface area contributed by atoms with Gasteiger partial charge in [-0.25, -0.2) is 4.79 Å². The molecular formula is C21H24N2O2. The third-order valence-electron chi connectivity index (χ3n) is 5.10. The fraction of sp³-hybridized carbons (Fsp3) is 0.381. The normalized spacial score (nSPS) is 22.8. The first-order valence-corrected chi connectivity index (χ1v) is 9.08. The van der Waals surface area contributed by atoms with Gasteiger partial charge >= 0.3 is 6.09 Å². The van der Waals surface area contributed by atoms with Crippen LogP contribution >= 0.6 is 0 Å². The zero-order chi connectivity index (χ0) is 17.2. The summed E-state index contributed by atoms with van der Waals surface area (Å²) >= 11 is 0. The molecule has 0 spiro atoms. The van der Waals surface area contributed by atoms with Crippen molar-refractivity contribution in [3.8, 4) is 11.1 Å². The molecule has 4 heteroatoms. The molecule has 130 valence electrons. The van der Waals surface area contributed by atoms with E-state index >= 15 is 0 Å². The maximum Gasteiger partial charge on any atom is 0.410 e. The summed E-state index contributed by atoms with van der Waals surface area (Å²) in [6.07, 6.45) is 3.53. The van der Waals surface area contributed by atoms with Gasteiger partial charge in [0.25, 0.3) is 0 Å². The standard InChI is InChI=1S/C21H24N2O2/c22-19-11-12-23(21(24)25-18-9-10-18)20(19)14-15-5-4-8-17(13-15)16-6-2-1-3-7-16/h1-8,13,18-20H,9-12,14,22H2. The van der Waals surface area contributed by atoms with Crippen LogP contribution < -0.4 is 5.73 Å². The van der Waals surface area contributed by atoms with Crippen LogP contribution in [0.3, 0.4) is 0 Å². The molecular weight excluding hydrogens is 312 g/mol. The van der Waals surface area contributed by atoms with E-state index in [0.29, 0.717) is 6.54 Å². The van der Waals surface area contributed by atoms with E-state index in [9.17, 15) is 4.79 Å². The Morgan fingerprint density at radius 2 is 1.80 bits per heavy atom. The highest BCUT2D eigenvalue weighted by Crippen LogP contribution is 2.28. The smallest absolute Gasteiger partial charge is 0.410 e. The molecule has 2 aromatic rings. The summed E-state index contributed by atoms with van der Waals surface area (Å²) in [4.78, 5) is 14.2. The molecule has 25 heavy (non-hydrogen) atoms. The molecule has 2 N–H and O–H groups in total. The van der Waals surface area contributed by atoms with E-state index in [1.807, 2.05) is 23.1 Å². The zero-order valence-corrected chi connectivity index (χ0v) is 14.3. The first-order chi connectivity index (χ1) is 12.2. The van der Waals surface area contributed by atoms with Crippen molar-refractivity contribution in [3.63, 3.8) is 0 Å². The van der Waals surface area contributed by atoms with Crippen molar-refractivity contribution in [1.82, 2.24) is 4.90 Å². The Bertz CT molecular complexity index is 743. The lowest BCUT2D eigenvalue weighted by atomic mass is 9.97. The van der Waals surface area contributed by atoms with Crippen molar-refractivity contribution in [2.24, 2.45) is 5.73 Å². The Morgan fingerprint density at radius 3 is 2.56 bits per heavy atom. The lowest BCUT2D eigenvalue weighted by molar-refractivity contribution is 0.0906.